The molecule has 1 amide bonds. The predicted octanol–water partition coefficient (Wildman–Crippen LogP) is 2.31. The van der Waals surface area contributed by atoms with Crippen LogP contribution in [0.5, 0.6) is 0 Å². The molecule has 6 nitrogen and oxygen atoms in total. The number of nitrogens with one attached hydrogen (secondary N) is 1. The molecule has 1 fully saturated rings. The minimum absolute atomic E-state index is 0.109. The van der Waals surface area contributed by atoms with Gasteiger partial charge in [0.1, 0.15) is 16.5 Å². The van der Waals surface area contributed by atoms with Crippen LogP contribution in [0.25, 0.3) is 10.2 Å². The summed E-state index contributed by atoms with van der Waals surface area (Å²) in [5.41, 5.74) is 6.69. The number of rotatable bonds is 5. The molecule has 2 aromatic rings. The highest BCUT2D eigenvalue weighted by Crippen LogP contribution is 2.39. The van der Waals surface area contributed by atoms with E-state index in [1.165, 1.54) is 29.7 Å². The zero-order valence-corrected chi connectivity index (χ0v) is 15.5. The van der Waals surface area contributed by atoms with Crippen LogP contribution in [0.15, 0.2) is 0 Å². The van der Waals surface area contributed by atoms with Gasteiger partial charge in [-0.2, -0.15) is 0 Å². The molecule has 0 atom stereocenters. The number of carbonyl (C=O) groups is 1. The number of nitrogens with zero attached hydrogens (tertiary/aromatic N) is 3. The average molecular weight is 359 g/mol. The number of carbonyl (C=O) groups excluding carboxylic acids is 1. The van der Waals surface area contributed by atoms with E-state index in [9.17, 15) is 4.79 Å². The Hall–Kier alpha value is -1.73. The summed E-state index contributed by atoms with van der Waals surface area (Å²) in [5, 5.41) is 4.26. The Bertz CT molecular complexity index is 794. The first-order valence-electron chi connectivity index (χ1n) is 9.16. The number of hydrogen-bond acceptors (Lipinski definition) is 6. The zero-order chi connectivity index (χ0) is 17.4. The highest BCUT2D eigenvalue weighted by Gasteiger charge is 2.23. The predicted molar refractivity (Wildman–Crippen MR) is 101 cm³/mol. The first kappa shape index (κ1) is 16.7. The van der Waals surface area contributed by atoms with Crippen LogP contribution >= 0.6 is 11.3 Å². The van der Waals surface area contributed by atoms with E-state index < -0.39 is 0 Å². The largest absolute Gasteiger partial charge is 0.368 e. The summed E-state index contributed by atoms with van der Waals surface area (Å²) in [6, 6.07) is 0. The van der Waals surface area contributed by atoms with Gasteiger partial charge in [0, 0.05) is 4.88 Å². The van der Waals surface area contributed by atoms with E-state index in [0.29, 0.717) is 0 Å². The standard InChI is InChI=1S/C18H25N5OS/c1-11-5-7-23(8-6-11)10-15-21-17(20-9-14(19)24)16-12-3-2-4-13(12)25-18(16)22-15/h11H,2-10H2,1H3,(H2,19,24)(H,20,21,22). The summed E-state index contributed by atoms with van der Waals surface area (Å²) in [4.78, 5) is 25.7. The Balaban J connectivity index is 1.64. The molecule has 0 bridgehead atoms. The molecule has 0 aromatic carbocycles. The van der Waals surface area contributed by atoms with Gasteiger partial charge >= 0.3 is 0 Å². The van der Waals surface area contributed by atoms with Gasteiger partial charge in [-0.05, 0) is 56.7 Å². The van der Waals surface area contributed by atoms with Crippen molar-refractivity contribution < 1.29 is 4.79 Å². The summed E-state index contributed by atoms with van der Waals surface area (Å²) in [7, 11) is 0. The lowest BCUT2D eigenvalue weighted by atomic mass is 9.99. The first-order chi connectivity index (χ1) is 12.1. The third-order valence-corrected chi connectivity index (χ3v) is 6.47. The van der Waals surface area contributed by atoms with Crippen molar-refractivity contribution >= 4 is 33.3 Å². The lowest BCUT2D eigenvalue weighted by molar-refractivity contribution is -0.116. The molecule has 0 radical (unpaired) electrons. The molecule has 1 aliphatic carbocycles. The minimum atomic E-state index is -0.370. The van der Waals surface area contributed by atoms with Crippen molar-refractivity contribution in [2.45, 2.75) is 45.6 Å². The number of primary amides is 1. The molecular formula is C18H25N5OS. The van der Waals surface area contributed by atoms with Gasteiger partial charge in [-0.1, -0.05) is 6.92 Å². The molecule has 25 heavy (non-hydrogen) atoms. The maximum atomic E-state index is 11.2. The number of thiophene rings is 1. The highest BCUT2D eigenvalue weighted by atomic mass is 32.1. The SMILES string of the molecule is CC1CCN(Cc2nc(NCC(N)=O)c3c4c(sc3n2)CCC4)CC1. The molecule has 1 aliphatic heterocycles. The number of piperidine rings is 1. The van der Waals surface area contributed by atoms with Crippen molar-refractivity contribution in [3.63, 3.8) is 0 Å². The van der Waals surface area contributed by atoms with Crippen LogP contribution in [-0.4, -0.2) is 40.4 Å². The molecule has 1 saturated heterocycles. The van der Waals surface area contributed by atoms with E-state index in [1.54, 1.807) is 11.3 Å². The number of likely N-dealkylation sites (tertiary alicyclic amines) is 1. The van der Waals surface area contributed by atoms with E-state index >= 15 is 0 Å². The summed E-state index contributed by atoms with van der Waals surface area (Å²) < 4.78 is 0. The monoisotopic (exact) mass is 359 g/mol. The van der Waals surface area contributed by atoms with Crippen molar-refractivity contribution in [3.05, 3.63) is 16.3 Å². The lowest BCUT2D eigenvalue weighted by Gasteiger charge is -2.29. The Morgan fingerprint density at radius 3 is 2.88 bits per heavy atom. The third kappa shape index (κ3) is 3.48. The number of nitrogens with two attached hydrogens (primary N) is 1. The molecule has 2 aliphatic rings. The molecule has 3 N–H and O–H groups in total. The van der Waals surface area contributed by atoms with Gasteiger partial charge in [-0.3, -0.25) is 9.69 Å². The van der Waals surface area contributed by atoms with E-state index in [4.69, 9.17) is 15.7 Å². The normalized spacial score (nSPS) is 18.6. The van der Waals surface area contributed by atoms with Gasteiger partial charge in [-0.15, -0.1) is 11.3 Å². The van der Waals surface area contributed by atoms with Crippen LogP contribution in [0, 0.1) is 5.92 Å². The highest BCUT2D eigenvalue weighted by molar-refractivity contribution is 7.19. The molecule has 0 spiro atoms. The maximum absolute atomic E-state index is 11.2. The van der Waals surface area contributed by atoms with Gasteiger partial charge in [0.15, 0.2) is 0 Å². The molecule has 0 saturated carbocycles. The summed E-state index contributed by atoms with van der Waals surface area (Å²) in [5.74, 6) is 2.07. The summed E-state index contributed by atoms with van der Waals surface area (Å²) >= 11 is 1.79. The Morgan fingerprint density at radius 1 is 1.32 bits per heavy atom. The van der Waals surface area contributed by atoms with E-state index in [1.807, 2.05) is 0 Å². The smallest absolute Gasteiger partial charge is 0.236 e. The van der Waals surface area contributed by atoms with Gasteiger partial charge in [0.05, 0.1) is 18.5 Å². The molecule has 7 heteroatoms. The minimum Gasteiger partial charge on any atom is -0.368 e. The summed E-state index contributed by atoms with van der Waals surface area (Å²) in [6.07, 6.45) is 5.88. The number of aryl methyl sites for hydroxylation is 2. The van der Waals surface area contributed by atoms with Crippen molar-refractivity contribution in [2.24, 2.45) is 11.7 Å². The van der Waals surface area contributed by atoms with Gasteiger partial charge in [0.25, 0.3) is 0 Å². The van der Waals surface area contributed by atoms with Gasteiger partial charge < -0.3 is 11.1 Å². The molecule has 134 valence electrons. The van der Waals surface area contributed by atoms with Gasteiger partial charge in [0.2, 0.25) is 5.91 Å². The van der Waals surface area contributed by atoms with E-state index in [0.717, 1.165) is 60.3 Å². The lowest BCUT2D eigenvalue weighted by Crippen LogP contribution is -2.33. The van der Waals surface area contributed by atoms with Crippen molar-refractivity contribution in [1.82, 2.24) is 14.9 Å². The van der Waals surface area contributed by atoms with Crippen LogP contribution < -0.4 is 11.1 Å². The molecule has 4 rings (SSSR count). The molecule has 0 unspecified atom stereocenters. The second-order valence-corrected chi connectivity index (χ2v) is 8.39. The number of amides is 1. The summed E-state index contributed by atoms with van der Waals surface area (Å²) in [6.45, 7) is 5.41. The van der Waals surface area contributed by atoms with Crippen molar-refractivity contribution in [2.75, 3.05) is 25.0 Å². The Labute approximate surface area is 151 Å². The first-order valence-corrected chi connectivity index (χ1v) is 9.97. The van der Waals surface area contributed by atoms with Crippen molar-refractivity contribution in [3.8, 4) is 0 Å². The molecular weight excluding hydrogens is 334 g/mol. The second kappa shape index (κ2) is 6.88. The molecule has 2 aromatic heterocycles. The van der Waals surface area contributed by atoms with E-state index in [-0.39, 0.29) is 12.5 Å². The van der Waals surface area contributed by atoms with Crippen molar-refractivity contribution in [1.29, 1.82) is 0 Å². The quantitative estimate of drug-likeness (QED) is 0.856. The number of anilines is 1. The number of fused-ring (bicyclic) bond motifs is 3. The third-order valence-electron chi connectivity index (χ3n) is 5.28. The van der Waals surface area contributed by atoms with Crippen LogP contribution in [0.1, 0.15) is 42.5 Å². The average Bonchev–Trinajstić information content (AvgIpc) is 3.15. The zero-order valence-electron chi connectivity index (χ0n) is 14.7. The topological polar surface area (TPSA) is 84.1 Å². The fourth-order valence-corrected chi connectivity index (χ4v) is 5.11. The van der Waals surface area contributed by atoms with Gasteiger partial charge in [-0.25, -0.2) is 9.97 Å². The van der Waals surface area contributed by atoms with Crippen LogP contribution in [-0.2, 0) is 24.2 Å². The number of hydrogen-bond donors (Lipinski definition) is 2. The maximum Gasteiger partial charge on any atom is 0.236 e. The fraction of sp³-hybridized carbons (Fsp3) is 0.611. The van der Waals surface area contributed by atoms with Crippen LogP contribution in [0.3, 0.4) is 0 Å². The Kier molecular flexibility index (Phi) is 4.60. The Morgan fingerprint density at radius 2 is 2.12 bits per heavy atom. The van der Waals surface area contributed by atoms with E-state index in [2.05, 4.69) is 17.1 Å². The van der Waals surface area contributed by atoms with Crippen LogP contribution in [0.4, 0.5) is 5.82 Å². The second-order valence-electron chi connectivity index (χ2n) is 7.30. The number of aromatic nitrogens is 2. The molecule has 3 heterocycles. The fourth-order valence-electron chi connectivity index (χ4n) is 3.83. The van der Waals surface area contributed by atoms with Crippen LogP contribution in [0.2, 0.25) is 0 Å².